The third-order valence-corrected chi connectivity index (χ3v) is 5.47. The number of piperidine rings is 1. The van der Waals surface area contributed by atoms with E-state index < -0.39 is 11.6 Å². The van der Waals surface area contributed by atoms with Gasteiger partial charge < -0.3 is 15.1 Å². The van der Waals surface area contributed by atoms with Crippen molar-refractivity contribution in [3.63, 3.8) is 0 Å². The molecule has 0 unspecified atom stereocenters. The standard InChI is InChI=1S/C22H27NO3/c24-21(25)12-7-15-23-16-13-20(14-17-23)22(26,18-8-3-1-4-9-18)19-10-5-2-6-11-19/h1-6,8-11,20,26H,7,12-17H2,(H,24,25). The second-order valence-electron chi connectivity index (χ2n) is 7.11. The van der Waals surface area contributed by atoms with Gasteiger partial charge in [-0.1, -0.05) is 60.7 Å². The monoisotopic (exact) mass is 353 g/mol. The second kappa shape index (κ2) is 8.47. The van der Waals surface area contributed by atoms with E-state index in [-0.39, 0.29) is 12.3 Å². The van der Waals surface area contributed by atoms with Crippen molar-refractivity contribution in [2.45, 2.75) is 31.3 Å². The van der Waals surface area contributed by atoms with Gasteiger partial charge in [0, 0.05) is 6.42 Å². The highest BCUT2D eigenvalue weighted by molar-refractivity contribution is 5.66. The van der Waals surface area contributed by atoms with Gasteiger partial charge in [0.2, 0.25) is 0 Å². The number of carboxylic acids is 1. The second-order valence-corrected chi connectivity index (χ2v) is 7.11. The molecule has 0 atom stereocenters. The van der Waals surface area contributed by atoms with Gasteiger partial charge in [-0.25, -0.2) is 0 Å². The molecule has 2 aromatic carbocycles. The zero-order valence-electron chi connectivity index (χ0n) is 15.1. The lowest BCUT2D eigenvalue weighted by atomic mass is 9.72. The largest absolute Gasteiger partial charge is 0.481 e. The lowest BCUT2D eigenvalue weighted by Gasteiger charge is -2.42. The van der Waals surface area contributed by atoms with E-state index in [0.717, 1.165) is 43.6 Å². The average Bonchev–Trinajstić information content (AvgIpc) is 2.69. The maximum absolute atomic E-state index is 11.8. The Bertz CT molecular complexity index is 654. The molecule has 0 bridgehead atoms. The molecule has 4 heteroatoms. The minimum atomic E-state index is -0.990. The Hall–Kier alpha value is -2.17. The first kappa shape index (κ1) is 18.6. The van der Waals surface area contributed by atoms with Crippen molar-refractivity contribution in [1.82, 2.24) is 4.90 Å². The SMILES string of the molecule is O=C(O)CCCN1CCC(C(O)(c2ccccc2)c2ccccc2)CC1. The molecule has 1 aliphatic heterocycles. The number of benzene rings is 2. The quantitative estimate of drug-likeness (QED) is 0.800. The van der Waals surface area contributed by atoms with Crippen molar-refractivity contribution in [2.75, 3.05) is 19.6 Å². The summed E-state index contributed by atoms with van der Waals surface area (Å²) in [5.41, 5.74) is 0.890. The van der Waals surface area contributed by atoms with Crippen LogP contribution in [-0.2, 0) is 10.4 Å². The molecule has 2 N–H and O–H groups in total. The van der Waals surface area contributed by atoms with Crippen molar-refractivity contribution in [3.05, 3.63) is 71.8 Å². The fraction of sp³-hybridized carbons (Fsp3) is 0.409. The van der Waals surface area contributed by atoms with Crippen LogP contribution in [0.25, 0.3) is 0 Å². The Labute approximate surface area is 155 Å². The zero-order valence-corrected chi connectivity index (χ0v) is 15.1. The summed E-state index contributed by atoms with van der Waals surface area (Å²) in [5, 5.41) is 20.6. The Morgan fingerprint density at radius 3 is 1.92 bits per heavy atom. The molecule has 138 valence electrons. The fourth-order valence-corrected chi connectivity index (χ4v) is 4.05. The molecule has 3 rings (SSSR count). The molecular weight excluding hydrogens is 326 g/mol. The van der Waals surface area contributed by atoms with E-state index in [0.29, 0.717) is 6.42 Å². The van der Waals surface area contributed by atoms with Crippen LogP contribution in [0.3, 0.4) is 0 Å². The fourth-order valence-electron chi connectivity index (χ4n) is 4.05. The number of aliphatic carboxylic acids is 1. The first-order valence-corrected chi connectivity index (χ1v) is 9.38. The molecule has 1 fully saturated rings. The lowest BCUT2D eigenvalue weighted by Crippen LogP contribution is -2.44. The summed E-state index contributed by atoms with van der Waals surface area (Å²) in [6.45, 7) is 2.60. The van der Waals surface area contributed by atoms with Crippen LogP contribution in [0.1, 0.15) is 36.8 Å². The van der Waals surface area contributed by atoms with Gasteiger partial charge in [-0.2, -0.15) is 0 Å². The van der Waals surface area contributed by atoms with E-state index in [1.165, 1.54) is 0 Å². The predicted molar refractivity (Wildman–Crippen MR) is 102 cm³/mol. The summed E-state index contributed by atoms with van der Waals surface area (Å²) in [7, 11) is 0. The van der Waals surface area contributed by atoms with E-state index in [9.17, 15) is 9.90 Å². The maximum Gasteiger partial charge on any atom is 0.303 e. The number of hydrogen-bond acceptors (Lipinski definition) is 3. The number of carbonyl (C=O) groups is 1. The van der Waals surface area contributed by atoms with Crippen molar-refractivity contribution in [1.29, 1.82) is 0 Å². The normalized spacial score (nSPS) is 16.5. The molecule has 26 heavy (non-hydrogen) atoms. The highest BCUT2D eigenvalue weighted by atomic mass is 16.4. The molecule has 1 aliphatic rings. The van der Waals surface area contributed by atoms with Crippen LogP contribution in [-0.4, -0.2) is 40.7 Å². The summed E-state index contributed by atoms with van der Waals surface area (Å²) in [5.74, 6) is -0.592. The summed E-state index contributed by atoms with van der Waals surface area (Å²) < 4.78 is 0. The van der Waals surface area contributed by atoms with E-state index in [1.807, 2.05) is 60.7 Å². The predicted octanol–water partition coefficient (Wildman–Crippen LogP) is 3.50. The molecule has 0 spiro atoms. The molecule has 0 radical (unpaired) electrons. The van der Waals surface area contributed by atoms with Crippen molar-refractivity contribution in [2.24, 2.45) is 5.92 Å². The Kier molecular flexibility index (Phi) is 6.07. The molecule has 0 aliphatic carbocycles. The van der Waals surface area contributed by atoms with Gasteiger partial charge in [-0.05, 0) is 55.9 Å². The van der Waals surface area contributed by atoms with Gasteiger partial charge in [-0.15, -0.1) is 0 Å². The number of likely N-dealkylation sites (tertiary alicyclic amines) is 1. The van der Waals surface area contributed by atoms with Gasteiger partial charge in [0.1, 0.15) is 5.60 Å². The molecular formula is C22H27NO3. The minimum Gasteiger partial charge on any atom is -0.481 e. The van der Waals surface area contributed by atoms with Crippen LogP contribution >= 0.6 is 0 Å². The number of rotatable bonds is 7. The first-order valence-electron chi connectivity index (χ1n) is 9.38. The van der Waals surface area contributed by atoms with Crippen LogP contribution in [0.15, 0.2) is 60.7 Å². The van der Waals surface area contributed by atoms with Gasteiger partial charge in [0.25, 0.3) is 0 Å². The third-order valence-electron chi connectivity index (χ3n) is 5.47. The molecule has 1 saturated heterocycles. The molecule has 2 aromatic rings. The van der Waals surface area contributed by atoms with Gasteiger partial charge in [0.05, 0.1) is 0 Å². The zero-order chi connectivity index (χ0) is 18.4. The Morgan fingerprint density at radius 1 is 0.962 bits per heavy atom. The van der Waals surface area contributed by atoms with E-state index in [4.69, 9.17) is 5.11 Å². The summed E-state index contributed by atoms with van der Waals surface area (Å²) >= 11 is 0. The molecule has 4 nitrogen and oxygen atoms in total. The summed E-state index contributed by atoms with van der Waals surface area (Å²) in [4.78, 5) is 13.0. The van der Waals surface area contributed by atoms with Crippen molar-refractivity contribution in [3.8, 4) is 0 Å². The van der Waals surface area contributed by atoms with E-state index in [1.54, 1.807) is 0 Å². The Morgan fingerprint density at radius 2 is 1.46 bits per heavy atom. The Balaban J connectivity index is 1.75. The first-order chi connectivity index (χ1) is 12.6. The van der Waals surface area contributed by atoms with Crippen LogP contribution in [0.4, 0.5) is 0 Å². The van der Waals surface area contributed by atoms with Gasteiger partial charge in [0.15, 0.2) is 0 Å². The number of nitrogens with zero attached hydrogens (tertiary/aromatic N) is 1. The number of aliphatic hydroxyl groups is 1. The topological polar surface area (TPSA) is 60.8 Å². The minimum absolute atomic E-state index is 0.142. The molecule has 0 aromatic heterocycles. The van der Waals surface area contributed by atoms with Crippen molar-refractivity contribution >= 4 is 5.97 Å². The average molecular weight is 353 g/mol. The van der Waals surface area contributed by atoms with E-state index in [2.05, 4.69) is 4.90 Å². The highest BCUT2D eigenvalue weighted by Gasteiger charge is 2.41. The molecule has 1 heterocycles. The summed E-state index contributed by atoms with van der Waals surface area (Å²) in [6, 6.07) is 19.9. The smallest absolute Gasteiger partial charge is 0.303 e. The van der Waals surface area contributed by atoms with Crippen molar-refractivity contribution < 1.29 is 15.0 Å². The lowest BCUT2D eigenvalue weighted by molar-refractivity contribution is -0.137. The van der Waals surface area contributed by atoms with Gasteiger partial charge in [-0.3, -0.25) is 4.79 Å². The van der Waals surface area contributed by atoms with Crippen LogP contribution in [0.5, 0.6) is 0 Å². The third kappa shape index (κ3) is 4.14. The maximum atomic E-state index is 11.8. The van der Waals surface area contributed by atoms with Crippen LogP contribution in [0, 0.1) is 5.92 Å². The number of hydrogen-bond donors (Lipinski definition) is 2. The van der Waals surface area contributed by atoms with Crippen LogP contribution in [0.2, 0.25) is 0 Å². The summed E-state index contributed by atoms with van der Waals surface area (Å²) in [6.07, 6.45) is 2.69. The van der Waals surface area contributed by atoms with Gasteiger partial charge >= 0.3 is 5.97 Å². The highest BCUT2D eigenvalue weighted by Crippen LogP contribution is 2.41. The molecule has 0 amide bonds. The molecule has 0 saturated carbocycles. The number of carboxylic acid groups (broad SMARTS) is 1. The van der Waals surface area contributed by atoms with E-state index >= 15 is 0 Å². The van der Waals surface area contributed by atoms with Crippen LogP contribution < -0.4 is 0 Å².